The smallest absolute Gasteiger partial charge is 0.128 e. The molecule has 6 heteroatoms. The third-order valence-electron chi connectivity index (χ3n) is 4.47. The summed E-state index contributed by atoms with van der Waals surface area (Å²) in [7, 11) is 0. The molecular formula is C18H16Cl2N2S2. The molecule has 0 bridgehead atoms. The molecule has 2 heterocycles. The Hall–Kier alpha value is -0.810. The second-order valence-corrected chi connectivity index (χ2v) is 9.06. The van der Waals surface area contributed by atoms with Crippen molar-refractivity contribution in [2.24, 2.45) is 5.92 Å². The van der Waals surface area contributed by atoms with E-state index in [0.29, 0.717) is 15.8 Å². The Balaban J connectivity index is 1.70. The molecule has 0 N–H and O–H groups in total. The van der Waals surface area contributed by atoms with Gasteiger partial charge in [0.2, 0.25) is 0 Å². The summed E-state index contributed by atoms with van der Waals surface area (Å²) in [6.45, 7) is 2.33. The van der Waals surface area contributed by atoms with E-state index < -0.39 is 0 Å². The van der Waals surface area contributed by atoms with Crippen molar-refractivity contribution in [2.45, 2.75) is 37.0 Å². The van der Waals surface area contributed by atoms with Crippen LogP contribution < -0.4 is 0 Å². The summed E-state index contributed by atoms with van der Waals surface area (Å²) in [6, 6.07) is 5.64. The molecule has 1 aromatic carbocycles. The molecular weight excluding hydrogens is 379 g/mol. The van der Waals surface area contributed by atoms with E-state index in [9.17, 15) is 0 Å². The lowest BCUT2D eigenvalue weighted by Crippen LogP contribution is -2.08. The van der Waals surface area contributed by atoms with Crippen molar-refractivity contribution < 1.29 is 0 Å². The average Bonchev–Trinajstić information content (AvgIpc) is 2.92. The minimum atomic E-state index is 0.710. The van der Waals surface area contributed by atoms with Crippen LogP contribution in [0, 0.1) is 5.92 Å². The number of thioether (sulfide) groups is 1. The van der Waals surface area contributed by atoms with Crippen molar-refractivity contribution in [3.8, 4) is 0 Å². The first-order valence-electron chi connectivity index (χ1n) is 7.94. The van der Waals surface area contributed by atoms with Crippen LogP contribution in [0.25, 0.3) is 10.2 Å². The van der Waals surface area contributed by atoms with Crippen molar-refractivity contribution in [2.75, 3.05) is 0 Å². The van der Waals surface area contributed by atoms with Gasteiger partial charge in [-0.3, -0.25) is 0 Å². The summed E-state index contributed by atoms with van der Waals surface area (Å²) in [6.07, 6.45) is 5.21. The van der Waals surface area contributed by atoms with E-state index in [0.717, 1.165) is 34.2 Å². The zero-order chi connectivity index (χ0) is 16.7. The predicted octanol–water partition coefficient (Wildman–Crippen LogP) is 6.42. The van der Waals surface area contributed by atoms with E-state index in [-0.39, 0.29) is 0 Å². The normalized spacial score (nSPS) is 17.2. The van der Waals surface area contributed by atoms with Crippen LogP contribution in [0.5, 0.6) is 0 Å². The van der Waals surface area contributed by atoms with Gasteiger partial charge in [0.05, 0.1) is 0 Å². The Morgan fingerprint density at radius 1 is 1.25 bits per heavy atom. The molecule has 0 fully saturated rings. The largest absolute Gasteiger partial charge is 0.229 e. The topological polar surface area (TPSA) is 25.8 Å². The van der Waals surface area contributed by atoms with Crippen LogP contribution in [0.4, 0.5) is 0 Å². The summed E-state index contributed by atoms with van der Waals surface area (Å²) >= 11 is 16.1. The number of hydrogen-bond donors (Lipinski definition) is 0. The van der Waals surface area contributed by atoms with Crippen LogP contribution in [0.3, 0.4) is 0 Å². The molecule has 0 radical (unpaired) electrons. The van der Waals surface area contributed by atoms with Gasteiger partial charge in [0.15, 0.2) is 0 Å². The van der Waals surface area contributed by atoms with Crippen molar-refractivity contribution in [1.29, 1.82) is 0 Å². The van der Waals surface area contributed by atoms with E-state index >= 15 is 0 Å². The maximum atomic E-state index is 6.30. The van der Waals surface area contributed by atoms with E-state index in [2.05, 4.69) is 16.9 Å². The lowest BCUT2D eigenvalue weighted by molar-refractivity contribution is 0.509. The Morgan fingerprint density at radius 2 is 2.04 bits per heavy atom. The minimum Gasteiger partial charge on any atom is -0.229 e. The highest BCUT2D eigenvalue weighted by atomic mass is 35.5. The predicted molar refractivity (Wildman–Crippen MR) is 105 cm³/mol. The van der Waals surface area contributed by atoms with Gasteiger partial charge in [-0.1, -0.05) is 36.2 Å². The van der Waals surface area contributed by atoms with E-state index in [1.165, 1.54) is 22.2 Å². The number of benzene rings is 1. The number of aromatic nitrogens is 2. The molecule has 2 aromatic heterocycles. The SMILES string of the molecule is C[C@H]1CCc2c(sc3ncnc(SCc4c(Cl)cccc4Cl)c23)C1. The fourth-order valence-corrected chi connectivity index (χ4v) is 6.35. The standard InChI is InChI=1S/C18H16Cl2N2S2/c1-10-5-6-11-15(7-10)24-18-16(11)17(21-9-22-18)23-8-12-13(19)3-2-4-14(12)20/h2-4,9-10H,5-8H2,1H3/t10-/m0/s1. The van der Waals surface area contributed by atoms with Crippen molar-refractivity contribution >= 4 is 56.5 Å². The third kappa shape index (κ3) is 3.05. The van der Waals surface area contributed by atoms with Crippen LogP contribution in [0.1, 0.15) is 29.3 Å². The first-order valence-corrected chi connectivity index (χ1v) is 10.5. The summed E-state index contributed by atoms with van der Waals surface area (Å²) in [5.41, 5.74) is 2.43. The highest BCUT2D eigenvalue weighted by Gasteiger charge is 2.23. The first kappa shape index (κ1) is 16.6. The Kier molecular flexibility index (Phi) is 4.74. The molecule has 0 saturated heterocycles. The first-order chi connectivity index (χ1) is 11.6. The Labute approximate surface area is 159 Å². The fourth-order valence-electron chi connectivity index (χ4n) is 3.17. The van der Waals surface area contributed by atoms with Crippen LogP contribution in [0.2, 0.25) is 10.0 Å². The molecule has 2 nitrogen and oxygen atoms in total. The van der Waals surface area contributed by atoms with Crippen LogP contribution >= 0.6 is 46.3 Å². The van der Waals surface area contributed by atoms with Crippen molar-refractivity contribution in [3.63, 3.8) is 0 Å². The molecule has 0 spiro atoms. The van der Waals surface area contributed by atoms with Crippen molar-refractivity contribution in [1.82, 2.24) is 9.97 Å². The number of hydrogen-bond acceptors (Lipinski definition) is 4. The minimum absolute atomic E-state index is 0.710. The monoisotopic (exact) mass is 394 g/mol. The Morgan fingerprint density at radius 3 is 2.83 bits per heavy atom. The van der Waals surface area contributed by atoms with E-state index in [1.54, 1.807) is 18.1 Å². The highest BCUT2D eigenvalue weighted by molar-refractivity contribution is 7.98. The van der Waals surface area contributed by atoms with E-state index in [1.807, 2.05) is 29.5 Å². The molecule has 0 aliphatic heterocycles. The average molecular weight is 395 g/mol. The number of rotatable bonds is 3. The number of halogens is 2. The van der Waals surface area contributed by atoms with Gasteiger partial charge in [-0.2, -0.15) is 0 Å². The molecule has 3 aromatic rings. The van der Waals surface area contributed by atoms with Gasteiger partial charge in [0.1, 0.15) is 16.2 Å². The highest BCUT2D eigenvalue weighted by Crippen LogP contribution is 2.41. The van der Waals surface area contributed by atoms with Crippen molar-refractivity contribution in [3.05, 3.63) is 50.6 Å². The second-order valence-electron chi connectivity index (χ2n) is 6.20. The molecule has 1 aliphatic rings. The van der Waals surface area contributed by atoms with Gasteiger partial charge in [0, 0.05) is 26.1 Å². The van der Waals surface area contributed by atoms with Gasteiger partial charge < -0.3 is 0 Å². The van der Waals surface area contributed by atoms with Gasteiger partial charge in [-0.25, -0.2) is 9.97 Å². The number of thiophene rings is 1. The molecule has 24 heavy (non-hydrogen) atoms. The van der Waals surface area contributed by atoms with Gasteiger partial charge in [-0.15, -0.1) is 23.1 Å². The summed E-state index contributed by atoms with van der Waals surface area (Å²) in [5, 5.41) is 3.71. The third-order valence-corrected chi connectivity index (χ3v) is 7.36. The lowest BCUT2D eigenvalue weighted by atomic mass is 9.89. The quantitative estimate of drug-likeness (QED) is 0.378. The lowest BCUT2D eigenvalue weighted by Gasteiger charge is -2.18. The molecule has 124 valence electrons. The Bertz CT molecular complexity index is 887. The van der Waals surface area contributed by atoms with Gasteiger partial charge >= 0.3 is 0 Å². The van der Waals surface area contributed by atoms with E-state index in [4.69, 9.17) is 23.2 Å². The second kappa shape index (κ2) is 6.83. The van der Waals surface area contributed by atoms with Gasteiger partial charge in [-0.05, 0) is 48.4 Å². The molecule has 0 amide bonds. The van der Waals surface area contributed by atoms with Crippen LogP contribution in [-0.4, -0.2) is 9.97 Å². The number of fused-ring (bicyclic) bond motifs is 3. The maximum absolute atomic E-state index is 6.30. The molecule has 4 rings (SSSR count). The molecule has 1 atom stereocenters. The summed E-state index contributed by atoms with van der Waals surface area (Å²) in [4.78, 5) is 11.7. The number of aryl methyl sites for hydroxylation is 1. The summed E-state index contributed by atoms with van der Waals surface area (Å²) in [5.74, 6) is 1.47. The molecule has 0 unspecified atom stereocenters. The summed E-state index contributed by atoms with van der Waals surface area (Å²) < 4.78 is 0. The zero-order valence-corrected chi connectivity index (χ0v) is 16.3. The van der Waals surface area contributed by atoms with Gasteiger partial charge in [0.25, 0.3) is 0 Å². The molecule has 0 saturated carbocycles. The molecule has 1 aliphatic carbocycles. The number of nitrogens with zero attached hydrogens (tertiary/aromatic N) is 2. The zero-order valence-electron chi connectivity index (χ0n) is 13.2. The van der Waals surface area contributed by atoms with Crippen LogP contribution in [-0.2, 0) is 18.6 Å². The maximum Gasteiger partial charge on any atom is 0.128 e. The fraction of sp³-hybridized carbons (Fsp3) is 0.333. The van der Waals surface area contributed by atoms with Crippen LogP contribution in [0.15, 0.2) is 29.6 Å².